The summed E-state index contributed by atoms with van der Waals surface area (Å²) >= 11 is 0. The van der Waals surface area contributed by atoms with Gasteiger partial charge in [-0.05, 0) is 50.8 Å². The Morgan fingerprint density at radius 1 is 1.35 bits per heavy atom. The average Bonchev–Trinajstić information content (AvgIpc) is 3.41. The number of benzene rings is 1. The second-order valence-corrected chi connectivity index (χ2v) is 6.87. The van der Waals surface area contributed by atoms with Crippen LogP contribution in [-0.2, 0) is 0 Å². The van der Waals surface area contributed by atoms with Crippen molar-refractivity contribution in [2.24, 2.45) is 5.92 Å². The van der Waals surface area contributed by atoms with Crippen molar-refractivity contribution in [1.29, 1.82) is 0 Å². The molecule has 1 atom stereocenters. The average molecular weight is 350 g/mol. The predicted octanol–water partition coefficient (Wildman–Crippen LogP) is 3.24. The van der Waals surface area contributed by atoms with Crippen molar-refractivity contribution in [2.45, 2.75) is 32.7 Å². The highest BCUT2D eigenvalue weighted by molar-refractivity contribution is 5.98. The Balaban J connectivity index is 1.76. The van der Waals surface area contributed by atoms with Crippen molar-refractivity contribution in [1.82, 2.24) is 19.7 Å². The monoisotopic (exact) mass is 350 g/mol. The molecule has 3 aromatic rings. The Bertz CT molecular complexity index is 975. The number of hydrogen-bond acceptors (Lipinski definition) is 4. The molecule has 1 saturated carbocycles. The summed E-state index contributed by atoms with van der Waals surface area (Å²) in [4.78, 5) is 21.7. The van der Waals surface area contributed by atoms with Crippen molar-refractivity contribution < 1.29 is 9.53 Å². The molecule has 6 heteroatoms. The highest BCUT2D eigenvalue weighted by Crippen LogP contribution is 2.32. The third-order valence-electron chi connectivity index (χ3n) is 4.98. The highest BCUT2D eigenvalue weighted by Gasteiger charge is 2.30. The Morgan fingerprint density at radius 2 is 2.12 bits per heavy atom. The number of hydrogen-bond donors (Lipinski definition) is 1. The third-order valence-corrected chi connectivity index (χ3v) is 4.98. The van der Waals surface area contributed by atoms with Crippen LogP contribution in [-0.4, -0.2) is 33.4 Å². The number of carbonyl (C=O) groups excluding carboxylic acids is 1. The molecule has 0 radical (unpaired) electrons. The summed E-state index contributed by atoms with van der Waals surface area (Å²) < 4.78 is 7.30. The lowest BCUT2D eigenvalue weighted by Crippen LogP contribution is -2.34. The van der Waals surface area contributed by atoms with E-state index in [4.69, 9.17) is 9.72 Å². The first kappa shape index (κ1) is 16.6. The van der Waals surface area contributed by atoms with Crippen LogP contribution in [0.3, 0.4) is 0 Å². The van der Waals surface area contributed by atoms with Crippen molar-refractivity contribution in [3.63, 3.8) is 0 Å². The maximum Gasteiger partial charge on any atom is 0.274 e. The number of fused-ring (bicyclic) bond motifs is 1. The largest absolute Gasteiger partial charge is 0.496 e. The van der Waals surface area contributed by atoms with E-state index in [1.54, 1.807) is 13.4 Å². The maximum absolute atomic E-state index is 12.7. The van der Waals surface area contributed by atoms with Gasteiger partial charge in [-0.15, -0.1) is 0 Å². The fraction of sp³-hybridized carbons (Fsp3) is 0.350. The van der Waals surface area contributed by atoms with Crippen LogP contribution >= 0.6 is 0 Å². The van der Waals surface area contributed by atoms with Gasteiger partial charge in [-0.25, -0.2) is 9.97 Å². The minimum Gasteiger partial charge on any atom is -0.496 e. The van der Waals surface area contributed by atoms with E-state index in [9.17, 15) is 4.79 Å². The number of nitrogens with zero attached hydrogens (tertiary/aromatic N) is 3. The topological polar surface area (TPSA) is 68.5 Å². The SMILES string of the molecule is COc1ccccc1-c1cc(C)n2cnc(C(=O)NC(C)C3CC3)c2n1. The van der Waals surface area contributed by atoms with Crippen LogP contribution in [0.5, 0.6) is 5.75 Å². The Morgan fingerprint density at radius 3 is 2.85 bits per heavy atom. The molecule has 0 bridgehead atoms. The summed E-state index contributed by atoms with van der Waals surface area (Å²) in [7, 11) is 1.64. The Hall–Kier alpha value is -2.89. The minimum absolute atomic E-state index is 0.165. The van der Waals surface area contributed by atoms with Crippen LogP contribution < -0.4 is 10.1 Å². The van der Waals surface area contributed by atoms with Crippen molar-refractivity contribution in [3.8, 4) is 17.0 Å². The molecule has 1 aliphatic carbocycles. The zero-order chi connectivity index (χ0) is 18.3. The summed E-state index contributed by atoms with van der Waals surface area (Å²) in [5.74, 6) is 1.17. The summed E-state index contributed by atoms with van der Waals surface area (Å²) in [6.45, 7) is 4.02. The summed E-state index contributed by atoms with van der Waals surface area (Å²) in [6.07, 6.45) is 4.02. The van der Waals surface area contributed by atoms with Crippen molar-refractivity contribution in [2.75, 3.05) is 7.11 Å². The van der Waals surface area contributed by atoms with Crippen LogP contribution in [0.2, 0.25) is 0 Å². The molecule has 1 amide bonds. The lowest BCUT2D eigenvalue weighted by Gasteiger charge is -2.12. The Labute approximate surface area is 152 Å². The molecule has 1 N–H and O–H groups in total. The molecule has 0 spiro atoms. The van der Waals surface area contributed by atoms with Gasteiger partial charge in [0.05, 0.1) is 12.8 Å². The molecule has 1 unspecified atom stereocenters. The van der Waals surface area contributed by atoms with Gasteiger partial charge in [0.2, 0.25) is 0 Å². The number of aryl methyl sites for hydroxylation is 1. The number of ether oxygens (including phenoxy) is 1. The fourth-order valence-corrected chi connectivity index (χ4v) is 3.26. The quantitative estimate of drug-likeness (QED) is 0.767. The fourth-order valence-electron chi connectivity index (χ4n) is 3.26. The van der Waals surface area contributed by atoms with Gasteiger partial charge in [0.1, 0.15) is 12.1 Å². The third kappa shape index (κ3) is 2.92. The number of methoxy groups -OCH3 is 1. The first-order valence-corrected chi connectivity index (χ1v) is 8.87. The molecule has 1 fully saturated rings. The molecule has 0 saturated heterocycles. The summed E-state index contributed by atoms with van der Waals surface area (Å²) in [6, 6.07) is 9.87. The van der Waals surface area contributed by atoms with Crippen molar-refractivity contribution in [3.05, 3.63) is 48.0 Å². The Kier molecular flexibility index (Phi) is 4.11. The summed E-state index contributed by atoms with van der Waals surface area (Å²) in [5, 5.41) is 3.06. The van der Waals surface area contributed by atoms with Gasteiger partial charge in [-0.3, -0.25) is 9.20 Å². The number of aromatic nitrogens is 3. The molecular formula is C20H22N4O2. The van der Waals surface area contributed by atoms with E-state index in [-0.39, 0.29) is 11.9 Å². The number of para-hydroxylation sites is 1. The van der Waals surface area contributed by atoms with Crippen LogP contribution in [0, 0.1) is 12.8 Å². The lowest BCUT2D eigenvalue weighted by atomic mass is 10.1. The van der Waals surface area contributed by atoms with E-state index in [0.29, 0.717) is 17.3 Å². The first-order valence-electron chi connectivity index (χ1n) is 8.87. The van der Waals surface area contributed by atoms with Gasteiger partial charge >= 0.3 is 0 Å². The zero-order valence-corrected chi connectivity index (χ0v) is 15.2. The van der Waals surface area contributed by atoms with Gasteiger partial charge in [0.25, 0.3) is 5.91 Å². The van der Waals surface area contributed by atoms with Gasteiger partial charge < -0.3 is 10.1 Å². The van der Waals surface area contributed by atoms with Crippen molar-refractivity contribution >= 4 is 11.6 Å². The van der Waals surface area contributed by atoms with Gasteiger partial charge in [0, 0.05) is 17.3 Å². The van der Waals surface area contributed by atoms with E-state index < -0.39 is 0 Å². The van der Waals surface area contributed by atoms with E-state index >= 15 is 0 Å². The number of imidazole rings is 1. The number of rotatable bonds is 5. The normalized spacial score (nSPS) is 15.0. The van der Waals surface area contributed by atoms with Crippen LogP contribution in [0.1, 0.15) is 35.9 Å². The minimum atomic E-state index is -0.170. The highest BCUT2D eigenvalue weighted by atomic mass is 16.5. The van der Waals surface area contributed by atoms with E-state index in [1.165, 1.54) is 12.8 Å². The first-order chi connectivity index (χ1) is 12.6. The molecule has 0 aliphatic heterocycles. The van der Waals surface area contributed by atoms with Crippen LogP contribution in [0.25, 0.3) is 16.9 Å². The molecule has 2 aromatic heterocycles. The molecule has 4 rings (SSSR count). The van der Waals surface area contributed by atoms with Crippen LogP contribution in [0.4, 0.5) is 0 Å². The molecule has 26 heavy (non-hydrogen) atoms. The number of amides is 1. The zero-order valence-electron chi connectivity index (χ0n) is 15.2. The van der Waals surface area contributed by atoms with E-state index in [2.05, 4.69) is 10.3 Å². The second-order valence-electron chi connectivity index (χ2n) is 6.87. The van der Waals surface area contributed by atoms with E-state index in [1.807, 2.05) is 48.6 Å². The number of carbonyl (C=O) groups is 1. The molecule has 1 aliphatic rings. The van der Waals surface area contributed by atoms with Gasteiger partial charge in [-0.2, -0.15) is 0 Å². The lowest BCUT2D eigenvalue weighted by molar-refractivity contribution is 0.0933. The molecular weight excluding hydrogens is 328 g/mol. The molecule has 1 aromatic carbocycles. The molecule has 2 heterocycles. The molecule has 6 nitrogen and oxygen atoms in total. The van der Waals surface area contributed by atoms with Gasteiger partial charge in [0.15, 0.2) is 11.3 Å². The predicted molar refractivity (Wildman–Crippen MR) is 99.4 cm³/mol. The molecule has 134 valence electrons. The number of nitrogens with one attached hydrogen (secondary N) is 1. The standard InChI is InChI=1S/C20H22N4O2/c1-12-10-16(15-6-4-5-7-17(15)26-3)23-19-18(21-11-24(12)19)20(25)22-13(2)14-8-9-14/h4-7,10-11,13-14H,8-9H2,1-3H3,(H,22,25). The van der Waals surface area contributed by atoms with Gasteiger partial charge in [-0.1, -0.05) is 12.1 Å². The smallest absolute Gasteiger partial charge is 0.274 e. The van der Waals surface area contributed by atoms with Crippen LogP contribution in [0.15, 0.2) is 36.7 Å². The summed E-state index contributed by atoms with van der Waals surface area (Å²) in [5.41, 5.74) is 3.53. The maximum atomic E-state index is 12.7. The van der Waals surface area contributed by atoms with E-state index in [0.717, 1.165) is 22.7 Å². The second kappa shape index (κ2) is 6.44.